The maximum absolute atomic E-state index is 12.5. The van der Waals surface area contributed by atoms with Gasteiger partial charge >= 0.3 is 6.85 Å². The van der Waals surface area contributed by atoms with Crippen LogP contribution in [0.4, 0.5) is 5.69 Å². The summed E-state index contributed by atoms with van der Waals surface area (Å²) in [6, 6.07) is 46.2. The van der Waals surface area contributed by atoms with Gasteiger partial charge in [-0.3, -0.25) is 9.98 Å². The van der Waals surface area contributed by atoms with Gasteiger partial charge in [0.05, 0.1) is 11.4 Å². The van der Waals surface area contributed by atoms with Crippen molar-refractivity contribution in [3.8, 4) is 50.4 Å². The van der Waals surface area contributed by atoms with Crippen LogP contribution in [0.3, 0.4) is 0 Å². The van der Waals surface area contributed by atoms with Crippen molar-refractivity contribution in [2.75, 3.05) is 0 Å². The van der Waals surface area contributed by atoms with Crippen molar-refractivity contribution in [3.63, 3.8) is 0 Å². The fourth-order valence-corrected chi connectivity index (χ4v) is 9.39. The molecule has 0 unspecified atom stereocenters. The van der Waals surface area contributed by atoms with Crippen LogP contribution in [0.2, 0.25) is 0 Å². The van der Waals surface area contributed by atoms with Gasteiger partial charge < -0.3 is 9.58 Å². The molecule has 6 aromatic carbocycles. The Morgan fingerprint density at radius 2 is 1.20 bits per heavy atom. The maximum Gasteiger partial charge on any atom is 0.351 e. The average molecular weight is 768 g/mol. The predicted octanol–water partition coefficient (Wildman–Crippen LogP) is 13.2. The molecule has 0 fully saturated rings. The Morgan fingerprint density at radius 1 is 0.525 bits per heavy atom. The number of para-hydroxylation sites is 2. The normalized spacial score (nSPS) is 13.6. The molecule has 0 radical (unpaired) electrons. The Bertz CT molecular complexity index is 3060. The summed E-state index contributed by atoms with van der Waals surface area (Å²) in [6.45, 7) is 19.9. The zero-order valence-electron chi connectivity index (χ0n) is 35.6. The van der Waals surface area contributed by atoms with Crippen molar-refractivity contribution in [1.29, 1.82) is 0 Å². The number of phenols is 1. The fraction of sp³-hybridized carbons (Fsp3) is 0.222. The summed E-state index contributed by atoms with van der Waals surface area (Å²) in [5.41, 5.74) is 17.9. The van der Waals surface area contributed by atoms with E-state index in [1.54, 1.807) is 0 Å². The molecule has 10 rings (SSSR count). The van der Waals surface area contributed by atoms with Crippen molar-refractivity contribution in [3.05, 3.63) is 156 Å². The SMILES string of the molecule is CC(C)(C)c1cc(-c2cc(-c3ccccc3)ccn2)cc(-c2ccc3c4c2N=C(c2cc(C(C)(C)C)cc(C(C)(C)C)c2O)B4n2c4ccccc4c4cccc-3c42)c1. The van der Waals surface area contributed by atoms with E-state index in [0.29, 0.717) is 5.75 Å². The van der Waals surface area contributed by atoms with Crippen LogP contribution >= 0.6 is 0 Å². The molecule has 0 aliphatic carbocycles. The largest absolute Gasteiger partial charge is 0.507 e. The number of pyridine rings is 1. The first-order chi connectivity index (χ1) is 28.1. The number of aromatic nitrogens is 2. The second-order valence-corrected chi connectivity index (χ2v) is 19.7. The van der Waals surface area contributed by atoms with Crippen molar-refractivity contribution in [2.24, 2.45) is 4.99 Å². The van der Waals surface area contributed by atoms with Crippen molar-refractivity contribution in [2.45, 2.75) is 78.6 Å². The minimum absolute atomic E-state index is 0.121. The summed E-state index contributed by atoms with van der Waals surface area (Å²) in [6.07, 6.45) is 1.92. The Labute approximate surface area is 348 Å². The van der Waals surface area contributed by atoms with E-state index in [9.17, 15) is 5.11 Å². The third-order valence-corrected chi connectivity index (χ3v) is 12.6. The van der Waals surface area contributed by atoms with Crippen LogP contribution in [0.25, 0.3) is 66.4 Å². The standard InChI is InChI=1S/C54H50BN3O/c1-52(2,3)36-27-34(26-35(28-36)45-29-33(24-25-56-45)32-16-11-10-12-17-32)38-22-23-40-42-20-15-19-41-39-18-13-14-21-46(39)58(49(41)42)55-47(40)48(38)57-51(55)43-30-37(53(4,5)6)31-44(50(43)59)54(7,8)9/h10-31,59H,1-9H3. The smallest absolute Gasteiger partial charge is 0.351 e. The van der Waals surface area contributed by atoms with Crippen LogP contribution in [-0.4, -0.2) is 27.0 Å². The molecule has 4 heterocycles. The molecule has 4 nitrogen and oxygen atoms in total. The number of fused-ring (bicyclic) bond motifs is 5. The van der Waals surface area contributed by atoms with Gasteiger partial charge in [-0.05, 0) is 91.5 Å². The number of aliphatic imine (C=N–C) groups is 1. The number of hydrogen-bond donors (Lipinski definition) is 1. The topological polar surface area (TPSA) is 50.4 Å². The van der Waals surface area contributed by atoms with Crippen LogP contribution < -0.4 is 5.46 Å². The second-order valence-electron chi connectivity index (χ2n) is 19.7. The highest BCUT2D eigenvalue weighted by molar-refractivity contribution is 7.06. The highest BCUT2D eigenvalue weighted by Gasteiger charge is 2.45. The van der Waals surface area contributed by atoms with Gasteiger partial charge in [-0.25, -0.2) is 0 Å². The highest BCUT2D eigenvalue weighted by atomic mass is 16.3. The van der Waals surface area contributed by atoms with Crippen LogP contribution in [0, 0.1) is 0 Å². The molecular weight excluding hydrogens is 717 g/mol. The summed E-state index contributed by atoms with van der Waals surface area (Å²) in [7, 11) is 0. The first kappa shape index (κ1) is 37.1. The Morgan fingerprint density at radius 3 is 1.95 bits per heavy atom. The molecule has 5 heteroatoms. The molecular formula is C54H50BN3O. The van der Waals surface area contributed by atoms with Gasteiger partial charge in [0, 0.05) is 61.4 Å². The lowest BCUT2D eigenvalue weighted by molar-refractivity contribution is 0.443. The molecule has 2 aliphatic rings. The van der Waals surface area contributed by atoms with Crippen LogP contribution in [0.15, 0.2) is 139 Å². The predicted molar refractivity (Wildman–Crippen MR) is 250 cm³/mol. The van der Waals surface area contributed by atoms with Crippen molar-refractivity contribution < 1.29 is 5.11 Å². The van der Waals surface area contributed by atoms with E-state index in [2.05, 4.69) is 194 Å². The van der Waals surface area contributed by atoms with Crippen molar-refractivity contribution in [1.82, 2.24) is 9.46 Å². The third kappa shape index (κ3) is 5.88. The van der Waals surface area contributed by atoms with Gasteiger partial charge in [-0.2, -0.15) is 0 Å². The zero-order chi connectivity index (χ0) is 41.2. The van der Waals surface area contributed by atoms with E-state index in [0.717, 1.165) is 50.4 Å². The quantitative estimate of drug-likeness (QED) is 0.181. The summed E-state index contributed by atoms with van der Waals surface area (Å²) < 4.78 is 2.51. The lowest BCUT2D eigenvalue weighted by Gasteiger charge is -2.29. The number of hydrogen-bond acceptors (Lipinski definition) is 3. The van der Waals surface area contributed by atoms with Gasteiger partial charge in [-0.1, -0.05) is 153 Å². The first-order valence-corrected chi connectivity index (χ1v) is 20.9. The molecule has 59 heavy (non-hydrogen) atoms. The summed E-state index contributed by atoms with van der Waals surface area (Å²) in [4.78, 5) is 10.7. The summed E-state index contributed by atoms with van der Waals surface area (Å²) in [5, 5.41) is 14.9. The van der Waals surface area contributed by atoms with Crippen LogP contribution in [-0.2, 0) is 16.2 Å². The third-order valence-electron chi connectivity index (χ3n) is 12.6. The Balaban J connectivity index is 1.27. The lowest BCUT2D eigenvalue weighted by atomic mass is 9.48. The summed E-state index contributed by atoms with van der Waals surface area (Å²) >= 11 is 0. The van der Waals surface area contributed by atoms with E-state index in [4.69, 9.17) is 9.98 Å². The zero-order valence-corrected chi connectivity index (χ0v) is 35.6. The molecule has 0 saturated carbocycles. The average Bonchev–Trinajstić information content (AvgIpc) is 3.76. The molecule has 1 N–H and O–H groups in total. The number of aromatic hydroxyl groups is 1. The van der Waals surface area contributed by atoms with E-state index in [1.807, 2.05) is 6.20 Å². The van der Waals surface area contributed by atoms with E-state index >= 15 is 0 Å². The van der Waals surface area contributed by atoms with Gasteiger partial charge in [0.15, 0.2) is 0 Å². The number of nitrogens with zero attached hydrogens (tertiary/aromatic N) is 3. The van der Waals surface area contributed by atoms with Gasteiger partial charge in [0.1, 0.15) is 5.75 Å². The minimum atomic E-state index is -0.287. The minimum Gasteiger partial charge on any atom is -0.507 e. The monoisotopic (exact) mass is 767 g/mol. The van der Waals surface area contributed by atoms with Gasteiger partial charge in [0.2, 0.25) is 0 Å². The van der Waals surface area contributed by atoms with E-state index in [-0.39, 0.29) is 23.1 Å². The molecule has 0 bridgehead atoms. The lowest BCUT2D eigenvalue weighted by Crippen LogP contribution is -2.46. The summed E-state index contributed by atoms with van der Waals surface area (Å²) in [5.74, 6) is 0.313. The number of rotatable bonds is 4. The van der Waals surface area contributed by atoms with E-state index in [1.165, 1.54) is 55.1 Å². The number of phenolic OH excluding ortho intramolecular Hbond substituents is 1. The molecule has 0 atom stereocenters. The van der Waals surface area contributed by atoms with Crippen LogP contribution in [0.1, 0.15) is 84.6 Å². The highest BCUT2D eigenvalue weighted by Crippen LogP contribution is 2.48. The maximum atomic E-state index is 12.5. The molecule has 0 spiro atoms. The molecule has 2 aromatic heterocycles. The molecule has 290 valence electrons. The van der Waals surface area contributed by atoms with Gasteiger partial charge in [-0.15, -0.1) is 0 Å². The number of benzene rings is 6. The Kier molecular flexibility index (Phi) is 8.11. The second kappa shape index (κ2) is 12.9. The molecule has 0 saturated heterocycles. The molecule has 8 aromatic rings. The first-order valence-electron chi connectivity index (χ1n) is 20.9. The fourth-order valence-electron chi connectivity index (χ4n) is 9.39. The van der Waals surface area contributed by atoms with E-state index < -0.39 is 0 Å². The van der Waals surface area contributed by atoms with Gasteiger partial charge in [0.25, 0.3) is 0 Å². The Hall–Kier alpha value is -6.20. The molecule has 2 aliphatic heterocycles. The van der Waals surface area contributed by atoms with Crippen LogP contribution in [0.5, 0.6) is 5.75 Å². The molecule has 0 amide bonds. The van der Waals surface area contributed by atoms with Crippen molar-refractivity contribution >= 4 is 45.4 Å².